The zero-order valence-electron chi connectivity index (χ0n) is 29.4. The molecule has 10 heteroatoms. The Morgan fingerprint density at radius 3 is 1.11 bits per heavy atom. The highest BCUT2D eigenvalue weighted by molar-refractivity contribution is 6.32. The van der Waals surface area contributed by atoms with Crippen LogP contribution in [0.3, 0.4) is 0 Å². The number of hydrogen-bond acceptors (Lipinski definition) is 5. The molecule has 0 aliphatic heterocycles. The Kier molecular flexibility index (Phi) is 15.4. The molecule has 0 amide bonds. The Labute approximate surface area is 335 Å². The third kappa shape index (κ3) is 11.6. The summed E-state index contributed by atoms with van der Waals surface area (Å²) in [6.07, 6.45) is 0.669. The van der Waals surface area contributed by atoms with Crippen LogP contribution in [-0.4, -0.2) is 11.1 Å². The van der Waals surface area contributed by atoms with E-state index in [1.807, 2.05) is 103 Å². The average Bonchev–Trinajstić information content (AvgIpc) is 3.17. The van der Waals surface area contributed by atoms with Crippen molar-refractivity contribution in [2.24, 2.45) is 0 Å². The zero-order chi connectivity index (χ0) is 38.3. The van der Waals surface area contributed by atoms with Gasteiger partial charge >= 0.3 is 5.97 Å². The molecule has 0 atom stereocenters. The van der Waals surface area contributed by atoms with E-state index in [0.29, 0.717) is 56.1 Å². The minimum absolute atomic E-state index is 0.179. The molecule has 6 nitrogen and oxygen atoms in total. The van der Waals surface area contributed by atoms with Crippen molar-refractivity contribution in [1.82, 2.24) is 0 Å². The smallest absolute Gasteiger partial charge is 0.307 e. The van der Waals surface area contributed by atoms with Gasteiger partial charge in [0, 0.05) is 47.9 Å². The van der Waals surface area contributed by atoms with Crippen molar-refractivity contribution >= 4 is 52.4 Å². The Hall–Kier alpha value is -4.85. The molecule has 6 aromatic carbocycles. The summed E-state index contributed by atoms with van der Waals surface area (Å²) in [5.41, 5.74) is 5.12. The van der Waals surface area contributed by atoms with Gasteiger partial charge in [0.2, 0.25) is 0 Å². The number of halogens is 4. The molecule has 0 radical (unpaired) electrons. The molecule has 0 aliphatic rings. The molecule has 0 bridgehead atoms. The molecule has 278 valence electrons. The monoisotopic (exact) mass is 802 g/mol. The molecular formula is C44H38Cl4O6. The van der Waals surface area contributed by atoms with Crippen molar-refractivity contribution < 1.29 is 28.8 Å². The van der Waals surface area contributed by atoms with Crippen LogP contribution in [0.15, 0.2) is 133 Å². The van der Waals surface area contributed by atoms with Crippen molar-refractivity contribution in [2.75, 3.05) is 0 Å². The topological polar surface area (TPSA) is 74.2 Å². The second-order valence-electron chi connectivity index (χ2n) is 11.9. The summed E-state index contributed by atoms with van der Waals surface area (Å²) < 4.78 is 24.0. The van der Waals surface area contributed by atoms with E-state index in [9.17, 15) is 9.90 Å². The number of aryl methyl sites for hydroxylation is 1. The summed E-state index contributed by atoms with van der Waals surface area (Å²) in [4.78, 5) is 11.2. The lowest BCUT2D eigenvalue weighted by molar-refractivity contribution is -0.136. The van der Waals surface area contributed by atoms with Crippen LogP contribution in [0.25, 0.3) is 0 Å². The van der Waals surface area contributed by atoms with Crippen molar-refractivity contribution in [3.8, 4) is 23.0 Å². The molecule has 0 heterocycles. The lowest BCUT2D eigenvalue weighted by Gasteiger charge is -2.17. The van der Waals surface area contributed by atoms with Crippen LogP contribution in [0.1, 0.15) is 40.3 Å². The summed E-state index contributed by atoms with van der Waals surface area (Å²) in [6.45, 7) is 3.29. The van der Waals surface area contributed by atoms with E-state index < -0.39 is 5.97 Å². The maximum Gasteiger partial charge on any atom is 0.307 e. The van der Waals surface area contributed by atoms with Gasteiger partial charge in [0.15, 0.2) is 23.0 Å². The van der Waals surface area contributed by atoms with E-state index in [1.54, 1.807) is 30.3 Å². The van der Waals surface area contributed by atoms with Crippen molar-refractivity contribution in [3.05, 3.63) is 187 Å². The molecule has 0 aromatic heterocycles. The highest BCUT2D eigenvalue weighted by Gasteiger charge is 2.16. The SMILES string of the molecule is CCc1cccc(OCc2ccccc2Cl)c1OCc1ccccc1Cl.O=C(O)Cc1cccc(OCc2ccccc2Cl)c1OCc1ccccc1Cl. The van der Waals surface area contributed by atoms with E-state index in [2.05, 4.69) is 6.92 Å². The van der Waals surface area contributed by atoms with Crippen molar-refractivity contribution in [2.45, 2.75) is 46.2 Å². The maximum atomic E-state index is 11.2. The van der Waals surface area contributed by atoms with E-state index in [1.165, 1.54) is 0 Å². The van der Waals surface area contributed by atoms with Crippen LogP contribution in [0.2, 0.25) is 20.1 Å². The number of benzene rings is 6. The highest BCUT2D eigenvalue weighted by Crippen LogP contribution is 2.35. The molecule has 0 saturated carbocycles. The minimum Gasteiger partial charge on any atom is -0.485 e. The van der Waals surface area contributed by atoms with Crippen LogP contribution in [0, 0.1) is 0 Å². The number of ether oxygens (including phenoxy) is 4. The van der Waals surface area contributed by atoms with Gasteiger partial charge in [-0.1, -0.05) is 150 Å². The number of para-hydroxylation sites is 2. The summed E-state index contributed by atoms with van der Waals surface area (Å²) in [7, 11) is 0. The third-order valence-corrected chi connectivity index (χ3v) is 9.66. The number of carbonyl (C=O) groups is 1. The second-order valence-corrected chi connectivity index (χ2v) is 13.6. The number of hydrogen-bond donors (Lipinski definition) is 1. The highest BCUT2D eigenvalue weighted by atomic mass is 35.5. The Morgan fingerprint density at radius 1 is 0.444 bits per heavy atom. The molecule has 0 fully saturated rings. The summed E-state index contributed by atoms with van der Waals surface area (Å²) in [5.74, 6) is 1.34. The van der Waals surface area contributed by atoms with Crippen molar-refractivity contribution in [3.63, 3.8) is 0 Å². The van der Waals surface area contributed by atoms with Gasteiger partial charge in [0.05, 0.1) is 6.42 Å². The molecule has 0 spiro atoms. The number of aliphatic carboxylic acids is 1. The molecule has 0 aliphatic carbocycles. The quantitative estimate of drug-likeness (QED) is 0.111. The molecule has 6 aromatic rings. The fraction of sp³-hybridized carbons (Fsp3) is 0.159. The van der Waals surface area contributed by atoms with Gasteiger partial charge in [-0.3, -0.25) is 4.79 Å². The molecule has 0 unspecified atom stereocenters. The van der Waals surface area contributed by atoms with Crippen molar-refractivity contribution in [1.29, 1.82) is 0 Å². The fourth-order valence-electron chi connectivity index (χ4n) is 5.33. The summed E-state index contributed by atoms with van der Waals surface area (Å²) in [5, 5.41) is 11.8. The number of rotatable bonds is 15. The third-order valence-electron chi connectivity index (χ3n) is 8.19. The van der Waals surface area contributed by atoms with Crippen LogP contribution < -0.4 is 18.9 Å². The maximum absolute atomic E-state index is 11.2. The zero-order valence-corrected chi connectivity index (χ0v) is 32.5. The predicted molar refractivity (Wildman–Crippen MR) is 217 cm³/mol. The van der Waals surface area contributed by atoms with E-state index in [-0.39, 0.29) is 19.6 Å². The van der Waals surface area contributed by atoms with Crippen LogP contribution in [0.5, 0.6) is 23.0 Å². The minimum atomic E-state index is -0.953. The lowest BCUT2D eigenvalue weighted by Crippen LogP contribution is -2.07. The number of carboxylic acids is 1. The average molecular weight is 805 g/mol. The Bertz CT molecular complexity index is 2150. The summed E-state index contributed by atoms with van der Waals surface area (Å²) in [6, 6.07) is 41.2. The molecule has 0 saturated heterocycles. The first-order valence-electron chi connectivity index (χ1n) is 17.1. The lowest BCUT2D eigenvalue weighted by atomic mass is 10.1. The predicted octanol–water partition coefficient (Wildman–Crippen LogP) is 12.5. The first kappa shape index (κ1) is 40.3. The van der Waals surface area contributed by atoms with Crippen LogP contribution in [0.4, 0.5) is 0 Å². The van der Waals surface area contributed by atoms with Gasteiger partial charge in [0.25, 0.3) is 0 Å². The Morgan fingerprint density at radius 2 is 0.759 bits per heavy atom. The van der Waals surface area contributed by atoms with Gasteiger partial charge in [-0.25, -0.2) is 0 Å². The van der Waals surface area contributed by atoms with Gasteiger partial charge in [-0.15, -0.1) is 0 Å². The Balaban J connectivity index is 0.000000208. The molecular weight excluding hydrogens is 766 g/mol. The van der Waals surface area contributed by atoms with E-state index in [0.717, 1.165) is 40.0 Å². The first-order valence-corrected chi connectivity index (χ1v) is 18.6. The molecule has 1 N–H and O–H groups in total. The second kappa shape index (κ2) is 20.6. The van der Waals surface area contributed by atoms with E-state index >= 15 is 0 Å². The van der Waals surface area contributed by atoms with Gasteiger partial charge < -0.3 is 24.1 Å². The standard InChI is InChI=1S/C22H18Cl2O4.C22H20Cl2O2/c23-18-9-3-1-6-16(18)13-27-20-11-5-8-15(12-21(25)26)22(20)28-14-17-7-2-4-10-19(17)24;1-2-16-10-7-13-21(25-14-17-8-3-5-11-19(17)23)22(16)26-15-18-9-4-6-12-20(18)24/h1-11H,12-14H2,(H,25,26);3-13H,2,14-15H2,1H3. The molecule has 6 rings (SSSR count). The summed E-state index contributed by atoms with van der Waals surface area (Å²) >= 11 is 24.8. The van der Waals surface area contributed by atoms with Gasteiger partial charge in [0.1, 0.15) is 26.4 Å². The first-order chi connectivity index (χ1) is 26.2. The largest absolute Gasteiger partial charge is 0.485 e. The fourth-order valence-corrected chi connectivity index (χ4v) is 6.09. The van der Waals surface area contributed by atoms with Crippen LogP contribution >= 0.6 is 46.4 Å². The number of carboxylic acid groups (broad SMARTS) is 1. The normalized spacial score (nSPS) is 10.5. The van der Waals surface area contributed by atoms with Gasteiger partial charge in [-0.2, -0.15) is 0 Å². The van der Waals surface area contributed by atoms with Crippen LogP contribution in [-0.2, 0) is 44.1 Å². The van der Waals surface area contributed by atoms with Gasteiger partial charge in [-0.05, 0) is 48.4 Å². The molecule has 54 heavy (non-hydrogen) atoms. The van der Waals surface area contributed by atoms with E-state index in [4.69, 9.17) is 65.4 Å².